The van der Waals surface area contributed by atoms with Crippen molar-refractivity contribution >= 4 is 51.2 Å². The van der Waals surface area contributed by atoms with Gasteiger partial charge in [0, 0.05) is 0 Å². The van der Waals surface area contributed by atoms with Crippen LogP contribution in [0.1, 0.15) is 0 Å². The minimum atomic E-state index is -0.947. The first-order valence-electron chi connectivity index (χ1n) is 1.45. The first-order valence-corrected chi connectivity index (χ1v) is 8.52. The lowest BCUT2D eigenvalue weighted by Gasteiger charge is -1.83. The van der Waals surface area contributed by atoms with E-state index in [1.54, 1.807) is 0 Å². The molecule has 0 aliphatic heterocycles. The van der Waals surface area contributed by atoms with Crippen molar-refractivity contribution in [3.05, 3.63) is 0 Å². The summed E-state index contributed by atoms with van der Waals surface area (Å²) in [6.45, 7) is 0. The molecule has 7 heteroatoms. The topological polar surface area (TPSA) is 40.1 Å². The number of hydrogen-bond acceptors (Lipinski definition) is 6. The fourth-order valence-corrected chi connectivity index (χ4v) is 17.5. The Hall–Kier alpha value is 0.570. The number of carbonyl (C=O) groups is 1. The quantitative estimate of drug-likeness (QED) is 0.518. The van der Waals surface area contributed by atoms with E-state index in [0.29, 0.717) is 0 Å². The van der Waals surface area contributed by atoms with E-state index >= 15 is 0 Å². The Bertz CT molecular complexity index is 178. The zero-order valence-electron chi connectivity index (χ0n) is 3.36. The third kappa shape index (κ3) is 1.52. The second kappa shape index (κ2) is 2.92. The van der Waals surface area contributed by atoms with Gasteiger partial charge in [0.25, 0.3) is 0 Å². The second-order valence-corrected chi connectivity index (χ2v) is 11.3. The van der Waals surface area contributed by atoms with Crippen LogP contribution < -0.4 is 5.11 Å². The molecule has 0 aromatic carbocycles. The molecule has 46 valence electrons. The van der Waals surface area contributed by atoms with Crippen LogP contribution >= 0.6 is 45.9 Å². The highest BCUT2D eigenvalue weighted by atomic mass is 33.7. The molecule has 0 saturated carbocycles. The molecule has 0 fully saturated rings. The van der Waals surface area contributed by atoms with Crippen molar-refractivity contribution in [2.45, 2.75) is 0 Å². The Kier molecular flexibility index (Phi) is 2.44. The van der Waals surface area contributed by atoms with Crippen molar-refractivity contribution in [3.63, 3.8) is 0 Å². The highest BCUT2D eigenvalue weighted by Crippen LogP contribution is 2.38. The zero-order valence-corrected chi connectivity index (χ0v) is 7.44. The average molecular weight is 204 g/mol. The van der Waals surface area contributed by atoms with E-state index in [0.717, 1.165) is 0 Å². The van der Waals surface area contributed by atoms with Gasteiger partial charge in [-0.1, -0.05) is 0 Å². The van der Waals surface area contributed by atoms with Crippen LogP contribution in [-0.4, -0.2) is 5.30 Å². The summed E-state index contributed by atoms with van der Waals surface area (Å²) in [5, 5.41) is 9.09. The molecule has 0 spiro atoms. The third-order valence-electron chi connectivity index (χ3n) is 0.343. The number of carboxylic acid groups (broad SMARTS) is 1. The second-order valence-electron chi connectivity index (χ2n) is 0.757. The molecule has 0 aliphatic carbocycles. The van der Waals surface area contributed by atoms with Crippen LogP contribution in [0.5, 0.6) is 0 Å². The summed E-state index contributed by atoms with van der Waals surface area (Å²) < 4.78 is 0. The summed E-state index contributed by atoms with van der Waals surface area (Å²) in [5.41, 5.74) is 0. The number of rotatable bonds is 1. The molecule has 0 bridgehead atoms. The SMILES string of the molecule is O=C([O-])[s+]1ssss1. The van der Waals surface area contributed by atoms with E-state index in [1.807, 2.05) is 0 Å². The Balaban J connectivity index is 2.93. The maximum absolute atomic E-state index is 10.0. The molecule has 8 heavy (non-hydrogen) atoms. The average Bonchev–Trinajstić information content (AvgIpc) is 2.12. The molecule has 0 N–H and O–H groups in total. The van der Waals surface area contributed by atoms with Gasteiger partial charge < -0.3 is 9.90 Å². The smallest absolute Gasteiger partial charge is 0.235 e. The van der Waals surface area contributed by atoms with Gasteiger partial charge in [0.15, 0.2) is 24.0 Å². The Morgan fingerprint density at radius 2 is 1.88 bits per heavy atom. The predicted molar refractivity (Wildman–Crippen MR) is 38.9 cm³/mol. The molecule has 1 aromatic heterocycles. The van der Waals surface area contributed by atoms with Crippen LogP contribution in [0, 0.1) is 0 Å². The van der Waals surface area contributed by atoms with Gasteiger partial charge in [-0.05, 0) is 0 Å². The number of hydrogen-bond donors (Lipinski definition) is 0. The summed E-state index contributed by atoms with van der Waals surface area (Å²) >= 11 is 0. The maximum atomic E-state index is 10.0. The Labute approximate surface area is 60.9 Å². The molecule has 0 unspecified atom stereocenters. The summed E-state index contributed by atoms with van der Waals surface area (Å²) in [6, 6.07) is 0. The molecule has 0 radical (unpaired) electrons. The Morgan fingerprint density at radius 1 is 1.38 bits per heavy atom. The highest BCUT2D eigenvalue weighted by molar-refractivity contribution is 8.40. The normalized spacial score (nSPS) is 9.00. The van der Waals surface area contributed by atoms with Gasteiger partial charge in [-0.15, -0.1) is 0 Å². The fourth-order valence-electron chi connectivity index (χ4n) is 0.140. The summed E-state index contributed by atoms with van der Waals surface area (Å²) in [5.74, 6) is 0. The van der Waals surface area contributed by atoms with Crippen LogP contribution in [0.25, 0.3) is 0 Å². The maximum Gasteiger partial charge on any atom is 0.235 e. The van der Waals surface area contributed by atoms with Crippen LogP contribution in [-0.2, 0) is 0 Å². The molecule has 1 rings (SSSR count). The van der Waals surface area contributed by atoms with Crippen molar-refractivity contribution < 1.29 is 9.90 Å². The first kappa shape index (κ1) is 6.69. The minimum absolute atomic E-state index is 0.614. The fraction of sp³-hybridized carbons (Fsp3) is 0. The first-order chi connectivity index (χ1) is 3.80. The lowest BCUT2D eigenvalue weighted by Crippen LogP contribution is -2.14. The van der Waals surface area contributed by atoms with Crippen LogP contribution in [0.3, 0.4) is 0 Å². The third-order valence-corrected chi connectivity index (χ3v) is 14.3. The summed E-state index contributed by atoms with van der Waals surface area (Å²) in [4.78, 5) is 10.0. The summed E-state index contributed by atoms with van der Waals surface area (Å²) in [7, 11) is 5.10. The lowest BCUT2D eigenvalue weighted by atomic mass is 11.6. The van der Waals surface area contributed by atoms with E-state index in [1.165, 1.54) is 37.4 Å². The van der Waals surface area contributed by atoms with Gasteiger partial charge in [0.2, 0.25) is 18.7 Å². The van der Waals surface area contributed by atoms with Gasteiger partial charge >= 0.3 is 0 Å². The van der Waals surface area contributed by atoms with Gasteiger partial charge in [-0.3, -0.25) is 0 Å². The predicted octanol–water partition coefficient (Wildman–Crippen LogP) is 2.00. The Morgan fingerprint density at radius 3 is 2.12 bits per heavy atom. The largest absolute Gasteiger partial charge is 0.523 e. The standard InChI is InChI=1S/CO2S5/c2-1(3)8-6-4-5-7-8. The van der Waals surface area contributed by atoms with Crippen LogP contribution in [0.2, 0.25) is 0 Å². The minimum Gasteiger partial charge on any atom is -0.523 e. The van der Waals surface area contributed by atoms with E-state index < -0.39 is 13.8 Å². The molecule has 0 saturated heterocycles. The van der Waals surface area contributed by atoms with Crippen molar-refractivity contribution in [2.24, 2.45) is 0 Å². The monoisotopic (exact) mass is 204 g/mol. The molecule has 0 amide bonds. The highest BCUT2D eigenvalue weighted by Gasteiger charge is 2.02. The van der Waals surface area contributed by atoms with E-state index in [9.17, 15) is 9.90 Å². The van der Waals surface area contributed by atoms with Crippen molar-refractivity contribution in [1.29, 1.82) is 0 Å². The van der Waals surface area contributed by atoms with E-state index in [-0.39, 0.29) is 0 Å². The molecule has 0 aliphatic rings. The van der Waals surface area contributed by atoms with Gasteiger partial charge in [-0.2, -0.15) is 0 Å². The van der Waals surface area contributed by atoms with Gasteiger partial charge in [-0.25, -0.2) is 0 Å². The van der Waals surface area contributed by atoms with Crippen molar-refractivity contribution in [1.82, 2.24) is 0 Å². The zero-order chi connectivity index (χ0) is 5.98. The van der Waals surface area contributed by atoms with Crippen molar-refractivity contribution in [2.75, 3.05) is 0 Å². The molecule has 1 aromatic rings. The lowest BCUT2D eigenvalue weighted by molar-refractivity contribution is -0.233. The van der Waals surface area contributed by atoms with E-state index in [4.69, 9.17) is 0 Å². The molecule has 2 nitrogen and oxygen atoms in total. The molecular weight excluding hydrogens is 204 g/mol. The van der Waals surface area contributed by atoms with Crippen LogP contribution in [0.4, 0.5) is 4.79 Å². The molecular formula is CO2S5. The van der Waals surface area contributed by atoms with Crippen molar-refractivity contribution in [3.8, 4) is 0 Å². The molecule has 1 heterocycles. The van der Waals surface area contributed by atoms with E-state index in [2.05, 4.69) is 0 Å². The van der Waals surface area contributed by atoms with Gasteiger partial charge in [0.1, 0.15) is 0 Å². The number of carbonyl (C=O) groups excluding carboxylic acids is 1. The summed E-state index contributed by atoms with van der Waals surface area (Å²) in [6.07, 6.45) is 0. The molecule has 0 atom stereocenters. The van der Waals surface area contributed by atoms with Gasteiger partial charge in [0.05, 0.1) is 8.48 Å². The van der Waals surface area contributed by atoms with Crippen LogP contribution in [0.15, 0.2) is 0 Å².